The highest BCUT2D eigenvalue weighted by Gasteiger charge is 2.21. The number of rotatable bonds is 3. The highest BCUT2D eigenvalue weighted by Crippen LogP contribution is 2.31. The summed E-state index contributed by atoms with van der Waals surface area (Å²) in [5.41, 5.74) is 1.78. The van der Waals surface area contributed by atoms with Gasteiger partial charge in [0.15, 0.2) is 0 Å². The lowest BCUT2D eigenvalue weighted by molar-refractivity contribution is 0.495. The van der Waals surface area contributed by atoms with Crippen molar-refractivity contribution >= 4 is 34.4 Å². The minimum Gasteiger partial charge on any atom is -0.324 e. The summed E-state index contributed by atoms with van der Waals surface area (Å²) in [4.78, 5) is 4.57. The molecule has 3 rings (SSSR count). The standard InChI is InChI=1S/C14H16ClFN2S/c15-6-5-14-17-12-8-10(16)3-4-13(12)18(14)11-2-1-7-19-9-11/h3-4,8,11H,1-2,5-7,9H2. The van der Waals surface area contributed by atoms with Crippen LogP contribution in [0.15, 0.2) is 18.2 Å². The first-order valence-corrected chi connectivity index (χ1v) is 8.28. The number of hydrogen-bond acceptors (Lipinski definition) is 2. The summed E-state index contributed by atoms with van der Waals surface area (Å²) >= 11 is 7.86. The Hall–Kier alpha value is -0.740. The molecule has 19 heavy (non-hydrogen) atoms. The number of imidazole rings is 1. The quantitative estimate of drug-likeness (QED) is 0.796. The van der Waals surface area contributed by atoms with Gasteiger partial charge in [0.2, 0.25) is 0 Å². The smallest absolute Gasteiger partial charge is 0.125 e. The van der Waals surface area contributed by atoms with Crippen LogP contribution >= 0.6 is 23.4 Å². The molecular weight excluding hydrogens is 283 g/mol. The van der Waals surface area contributed by atoms with E-state index in [1.54, 1.807) is 0 Å². The zero-order valence-corrected chi connectivity index (χ0v) is 12.2. The molecule has 102 valence electrons. The number of hydrogen-bond donors (Lipinski definition) is 0. The van der Waals surface area contributed by atoms with Gasteiger partial charge in [0, 0.05) is 30.2 Å². The Balaban J connectivity index is 2.09. The van der Waals surface area contributed by atoms with Crippen LogP contribution in [0, 0.1) is 5.82 Å². The second-order valence-corrected chi connectivity index (χ2v) is 6.37. The summed E-state index contributed by atoms with van der Waals surface area (Å²) in [6.07, 6.45) is 3.14. The number of alkyl halides is 1. The molecule has 0 radical (unpaired) electrons. The Kier molecular flexibility index (Phi) is 3.99. The summed E-state index contributed by atoms with van der Waals surface area (Å²) in [6.45, 7) is 0. The van der Waals surface area contributed by atoms with E-state index in [-0.39, 0.29) is 5.82 Å². The van der Waals surface area contributed by atoms with Crippen molar-refractivity contribution < 1.29 is 4.39 Å². The van der Waals surface area contributed by atoms with E-state index in [1.165, 1.54) is 30.7 Å². The lowest BCUT2D eigenvalue weighted by Crippen LogP contribution is -2.18. The van der Waals surface area contributed by atoms with Crippen molar-refractivity contribution in [2.75, 3.05) is 17.4 Å². The first-order chi connectivity index (χ1) is 9.29. The molecule has 0 bridgehead atoms. The molecule has 2 nitrogen and oxygen atoms in total. The Morgan fingerprint density at radius 1 is 1.47 bits per heavy atom. The average molecular weight is 299 g/mol. The normalized spacial score (nSPS) is 20.0. The third-order valence-corrected chi connectivity index (χ3v) is 4.93. The van der Waals surface area contributed by atoms with Gasteiger partial charge in [0.25, 0.3) is 0 Å². The van der Waals surface area contributed by atoms with Crippen LogP contribution in [0.5, 0.6) is 0 Å². The van der Waals surface area contributed by atoms with Gasteiger partial charge in [-0.1, -0.05) is 0 Å². The molecule has 1 unspecified atom stereocenters. The maximum atomic E-state index is 13.3. The van der Waals surface area contributed by atoms with E-state index < -0.39 is 0 Å². The lowest BCUT2D eigenvalue weighted by Gasteiger charge is -2.25. The van der Waals surface area contributed by atoms with E-state index in [2.05, 4.69) is 9.55 Å². The maximum absolute atomic E-state index is 13.3. The van der Waals surface area contributed by atoms with Crippen molar-refractivity contribution in [1.29, 1.82) is 0 Å². The summed E-state index contributed by atoms with van der Waals surface area (Å²) in [6, 6.07) is 5.34. The highest BCUT2D eigenvalue weighted by atomic mass is 35.5. The third-order valence-electron chi connectivity index (χ3n) is 3.54. The van der Waals surface area contributed by atoms with Gasteiger partial charge in [0.05, 0.1) is 11.0 Å². The van der Waals surface area contributed by atoms with E-state index in [4.69, 9.17) is 11.6 Å². The zero-order chi connectivity index (χ0) is 13.2. The number of nitrogens with zero attached hydrogens (tertiary/aromatic N) is 2. The second kappa shape index (κ2) is 5.71. The number of halogens is 2. The Bertz CT molecular complexity index is 578. The minimum absolute atomic E-state index is 0.229. The van der Waals surface area contributed by atoms with Crippen LogP contribution < -0.4 is 0 Å². The zero-order valence-electron chi connectivity index (χ0n) is 10.6. The van der Waals surface area contributed by atoms with Crippen LogP contribution in [-0.2, 0) is 6.42 Å². The van der Waals surface area contributed by atoms with Gasteiger partial charge in [-0.15, -0.1) is 11.6 Å². The molecule has 1 aromatic carbocycles. The first-order valence-electron chi connectivity index (χ1n) is 6.59. The van der Waals surface area contributed by atoms with Crippen LogP contribution in [0.1, 0.15) is 24.7 Å². The molecule has 0 saturated carbocycles. The van der Waals surface area contributed by atoms with Gasteiger partial charge < -0.3 is 4.57 Å². The molecule has 1 aliphatic rings. The summed E-state index contributed by atoms with van der Waals surface area (Å²) in [5.74, 6) is 3.66. The molecule has 2 aromatic rings. The largest absolute Gasteiger partial charge is 0.324 e. The average Bonchev–Trinajstić information content (AvgIpc) is 2.77. The maximum Gasteiger partial charge on any atom is 0.125 e. The number of aromatic nitrogens is 2. The minimum atomic E-state index is -0.229. The Morgan fingerprint density at radius 2 is 2.37 bits per heavy atom. The molecule has 1 saturated heterocycles. The van der Waals surface area contributed by atoms with Crippen molar-refractivity contribution in [1.82, 2.24) is 9.55 Å². The Morgan fingerprint density at radius 3 is 3.11 bits per heavy atom. The van der Waals surface area contributed by atoms with Crippen LogP contribution in [0.3, 0.4) is 0 Å². The summed E-state index contributed by atoms with van der Waals surface area (Å²) in [5, 5.41) is 0. The van der Waals surface area contributed by atoms with Gasteiger partial charge in [-0.2, -0.15) is 11.8 Å². The third kappa shape index (κ3) is 2.61. The van der Waals surface area contributed by atoms with Crippen molar-refractivity contribution in [3.8, 4) is 0 Å². The second-order valence-electron chi connectivity index (χ2n) is 4.84. The van der Waals surface area contributed by atoms with Gasteiger partial charge >= 0.3 is 0 Å². The monoisotopic (exact) mass is 298 g/mol. The van der Waals surface area contributed by atoms with Gasteiger partial charge in [-0.05, 0) is 30.7 Å². The van der Waals surface area contributed by atoms with E-state index in [1.807, 2.05) is 17.8 Å². The van der Waals surface area contributed by atoms with E-state index in [9.17, 15) is 4.39 Å². The molecule has 1 fully saturated rings. The highest BCUT2D eigenvalue weighted by molar-refractivity contribution is 7.99. The van der Waals surface area contributed by atoms with Crippen molar-refractivity contribution in [2.45, 2.75) is 25.3 Å². The fourth-order valence-electron chi connectivity index (χ4n) is 2.72. The molecule has 1 atom stereocenters. The molecule has 0 spiro atoms. The fraction of sp³-hybridized carbons (Fsp3) is 0.500. The number of aryl methyl sites for hydroxylation is 1. The van der Waals surface area contributed by atoms with Crippen LogP contribution in [0.2, 0.25) is 0 Å². The molecule has 2 heterocycles. The lowest BCUT2D eigenvalue weighted by atomic mass is 10.1. The first kappa shape index (κ1) is 13.3. The van der Waals surface area contributed by atoms with Crippen LogP contribution in [-0.4, -0.2) is 26.9 Å². The van der Waals surface area contributed by atoms with Crippen LogP contribution in [0.4, 0.5) is 4.39 Å². The fourth-order valence-corrected chi connectivity index (χ4v) is 4.01. The van der Waals surface area contributed by atoms with Crippen molar-refractivity contribution in [2.24, 2.45) is 0 Å². The number of fused-ring (bicyclic) bond motifs is 1. The number of benzene rings is 1. The molecule has 0 aliphatic carbocycles. The molecule has 1 aliphatic heterocycles. The van der Waals surface area contributed by atoms with Gasteiger partial charge in [0.1, 0.15) is 11.6 Å². The van der Waals surface area contributed by atoms with E-state index >= 15 is 0 Å². The molecule has 1 aromatic heterocycles. The van der Waals surface area contributed by atoms with Crippen molar-refractivity contribution in [3.05, 3.63) is 29.8 Å². The predicted octanol–water partition coefficient (Wildman–Crippen LogP) is 4.02. The van der Waals surface area contributed by atoms with Crippen molar-refractivity contribution in [3.63, 3.8) is 0 Å². The number of thioether (sulfide) groups is 1. The van der Waals surface area contributed by atoms with Gasteiger partial charge in [-0.25, -0.2) is 9.37 Å². The Labute approximate surface area is 121 Å². The summed E-state index contributed by atoms with van der Waals surface area (Å²) < 4.78 is 15.6. The molecule has 5 heteroatoms. The molecule has 0 N–H and O–H groups in total. The van der Waals surface area contributed by atoms with Gasteiger partial charge in [-0.3, -0.25) is 0 Å². The SMILES string of the molecule is Fc1ccc2c(c1)nc(CCCl)n2C1CCCSC1. The predicted molar refractivity (Wildman–Crippen MR) is 79.7 cm³/mol. The molecular formula is C14H16ClFN2S. The molecule has 0 amide bonds. The summed E-state index contributed by atoms with van der Waals surface area (Å²) in [7, 11) is 0. The van der Waals surface area contributed by atoms with Crippen LogP contribution in [0.25, 0.3) is 11.0 Å². The topological polar surface area (TPSA) is 17.8 Å². The van der Waals surface area contributed by atoms with E-state index in [0.29, 0.717) is 11.9 Å². The van der Waals surface area contributed by atoms with E-state index in [0.717, 1.165) is 29.0 Å².